The fraction of sp³-hybridized carbons (Fsp3) is 0.0408. The Morgan fingerprint density at radius 1 is 0.423 bits per heavy atom. The van der Waals surface area contributed by atoms with E-state index in [1.54, 1.807) is 0 Å². The van der Waals surface area contributed by atoms with Crippen molar-refractivity contribution in [3.63, 3.8) is 0 Å². The lowest BCUT2D eigenvalue weighted by molar-refractivity contribution is 0.669. The van der Waals surface area contributed by atoms with Crippen molar-refractivity contribution in [1.82, 2.24) is 9.55 Å². The van der Waals surface area contributed by atoms with Crippen LogP contribution in [-0.2, 0) is 0 Å². The fourth-order valence-corrected chi connectivity index (χ4v) is 7.87. The molecule has 0 amide bonds. The third-order valence-electron chi connectivity index (χ3n) is 10.5. The molecule has 10 rings (SSSR count). The van der Waals surface area contributed by atoms with Gasteiger partial charge in [0.1, 0.15) is 11.2 Å². The average Bonchev–Trinajstić information content (AvgIpc) is 3.74. The average molecular weight is 667 g/mol. The van der Waals surface area contributed by atoms with Crippen molar-refractivity contribution in [3.8, 4) is 50.3 Å². The van der Waals surface area contributed by atoms with Crippen molar-refractivity contribution >= 4 is 43.7 Å². The molecule has 0 radical (unpaired) electrons. The Bertz CT molecular complexity index is 2940. The molecule has 3 heterocycles. The van der Waals surface area contributed by atoms with Gasteiger partial charge >= 0.3 is 0 Å². The Hall–Kier alpha value is -6.71. The minimum absolute atomic E-state index is 0.910. The Kier molecular flexibility index (Phi) is 6.94. The summed E-state index contributed by atoms with van der Waals surface area (Å²) in [6.45, 7) is 4.33. The van der Waals surface area contributed by atoms with Crippen LogP contribution in [0.25, 0.3) is 94.1 Å². The van der Waals surface area contributed by atoms with Gasteiger partial charge in [-0.05, 0) is 119 Å². The number of rotatable bonds is 5. The Balaban J connectivity index is 1.03. The van der Waals surface area contributed by atoms with Crippen LogP contribution in [0.2, 0.25) is 0 Å². The number of benzene rings is 7. The van der Waals surface area contributed by atoms with Gasteiger partial charge in [0.2, 0.25) is 0 Å². The van der Waals surface area contributed by atoms with Crippen LogP contribution in [0.5, 0.6) is 0 Å². The number of para-hydroxylation sites is 3. The molecule has 0 saturated heterocycles. The summed E-state index contributed by atoms with van der Waals surface area (Å²) < 4.78 is 8.47. The molecule has 3 heteroatoms. The summed E-state index contributed by atoms with van der Waals surface area (Å²) in [5.41, 5.74) is 16.9. The molecule has 0 aliphatic heterocycles. The first-order valence-corrected chi connectivity index (χ1v) is 17.8. The molecule has 0 spiro atoms. The Labute approximate surface area is 302 Å². The molecule has 7 aromatic carbocycles. The molecule has 0 bridgehead atoms. The number of furan rings is 1. The maximum absolute atomic E-state index is 6.10. The highest BCUT2D eigenvalue weighted by atomic mass is 16.3. The molecule has 10 aromatic rings. The zero-order chi connectivity index (χ0) is 34.8. The van der Waals surface area contributed by atoms with Gasteiger partial charge in [-0.1, -0.05) is 103 Å². The predicted molar refractivity (Wildman–Crippen MR) is 217 cm³/mol. The van der Waals surface area contributed by atoms with Gasteiger partial charge in [0.25, 0.3) is 0 Å². The highest BCUT2D eigenvalue weighted by Crippen LogP contribution is 2.37. The van der Waals surface area contributed by atoms with Gasteiger partial charge in [0.05, 0.1) is 16.7 Å². The molecule has 0 fully saturated rings. The summed E-state index contributed by atoms with van der Waals surface area (Å²) >= 11 is 0. The molecule has 0 aliphatic rings. The molecule has 0 atom stereocenters. The topological polar surface area (TPSA) is 31.0 Å². The smallest absolute Gasteiger partial charge is 0.135 e. The molecule has 0 saturated carbocycles. The third kappa shape index (κ3) is 4.93. The highest BCUT2D eigenvalue weighted by molar-refractivity contribution is 6.09. The van der Waals surface area contributed by atoms with E-state index >= 15 is 0 Å². The van der Waals surface area contributed by atoms with Gasteiger partial charge in [-0.15, -0.1) is 0 Å². The van der Waals surface area contributed by atoms with E-state index in [1.165, 1.54) is 60.8 Å². The van der Waals surface area contributed by atoms with Crippen LogP contribution in [-0.4, -0.2) is 9.55 Å². The molecular formula is C49H34N2O. The number of fused-ring (bicyclic) bond motifs is 6. The lowest BCUT2D eigenvalue weighted by Crippen LogP contribution is -1.95. The number of aromatic nitrogens is 2. The molecule has 0 unspecified atom stereocenters. The van der Waals surface area contributed by atoms with Crippen LogP contribution in [0, 0.1) is 13.8 Å². The number of hydrogen-bond acceptors (Lipinski definition) is 2. The first-order valence-electron chi connectivity index (χ1n) is 17.8. The van der Waals surface area contributed by atoms with Gasteiger partial charge in [-0.3, -0.25) is 4.98 Å². The second-order valence-electron chi connectivity index (χ2n) is 13.7. The number of aryl methyl sites for hydroxylation is 2. The van der Waals surface area contributed by atoms with Crippen LogP contribution in [0.4, 0.5) is 0 Å². The summed E-state index contributed by atoms with van der Waals surface area (Å²) in [4.78, 5) is 4.95. The second-order valence-corrected chi connectivity index (χ2v) is 13.7. The predicted octanol–water partition coefficient (Wildman–Crippen LogP) is 13.4. The van der Waals surface area contributed by atoms with Crippen molar-refractivity contribution in [2.45, 2.75) is 13.8 Å². The van der Waals surface area contributed by atoms with Crippen LogP contribution >= 0.6 is 0 Å². The van der Waals surface area contributed by atoms with E-state index in [2.05, 4.69) is 170 Å². The SMILES string of the molecule is Cc1ccc(-c2cc(-c3cccc(-n4c5ccccc5c5ccccc54)c3)c(C)cn2)cc1-c1cccc(-c2ccc3oc4ccccc4c3c2)c1. The highest BCUT2D eigenvalue weighted by Gasteiger charge is 2.15. The van der Waals surface area contributed by atoms with Crippen LogP contribution in [0.1, 0.15) is 11.1 Å². The monoisotopic (exact) mass is 666 g/mol. The first kappa shape index (κ1) is 30.1. The molecule has 246 valence electrons. The third-order valence-corrected chi connectivity index (χ3v) is 10.5. The molecule has 3 aromatic heterocycles. The maximum atomic E-state index is 6.10. The lowest BCUT2D eigenvalue weighted by atomic mass is 9.93. The largest absolute Gasteiger partial charge is 0.456 e. The Morgan fingerprint density at radius 3 is 1.85 bits per heavy atom. The van der Waals surface area contributed by atoms with E-state index < -0.39 is 0 Å². The van der Waals surface area contributed by atoms with Crippen molar-refractivity contribution in [2.24, 2.45) is 0 Å². The van der Waals surface area contributed by atoms with Crippen molar-refractivity contribution in [2.75, 3.05) is 0 Å². The Morgan fingerprint density at radius 2 is 1.04 bits per heavy atom. The lowest BCUT2D eigenvalue weighted by Gasteiger charge is -2.14. The van der Waals surface area contributed by atoms with E-state index in [-0.39, 0.29) is 0 Å². The van der Waals surface area contributed by atoms with E-state index in [4.69, 9.17) is 9.40 Å². The zero-order valence-corrected chi connectivity index (χ0v) is 29.0. The summed E-state index contributed by atoms with van der Waals surface area (Å²) in [5, 5.41) is 4.81. The molecule has 52 heavy (non-hydrogen) atoms. The molecule has 0 aliphatic carbocycles. The molecule has 0 N–H and O–H groups in total. The second kappa shape index (κ2) is 12.0. The van der Waals surface area contributed by atoms with Gasteiger partial charge in [-0.2, -0.15) is 0 Å². The minimum atomic E-state index is 0.910. The summed E-state index contributed by atoms with van der Waals surface area (Å²) in [6.07, 6.45) is 2.01. The normalized spacial score (nSPS) is 11.7. The van der Waals surface area contributed by atoms with Crippen LogP contribution in [0.15, 0.2) is 174 Å². The number of pyridine rings is 1. The maximum Gasteiger partial charge on any atom is 0.135 e. The first-order chi connectivity index (χ1) is 25.6. The zero-order valence-electron chi connectivity index (χ0n) is 29.0. The molecule has 3 nitrogen and oxygen atoms in total. The van der Waals surface area contributed by atoms with Gasteiger partial charge in [0.15, 0.2) is 0 Å². The van der Waals surface area contributed by atoms with Crippen molar-refractivity contribution in [1.29, 1.82) is 0 Å². The van der Waals surface area contributed by atoms with Crippen molar-refractivity contribution in [3.05, 3.63) is 181 Å². The van der Waals surface area contributed by atoms with E-state index in [0.717, 1.165) is 44.4 Å². The fourth-order valence-electron chi connectivity index (χ4n) is 7.87. The van der Waals surface area contributed by atoms with Gasteiger partial charge < -0.3 is 8.98 Å². The van der Waals surface area contributed by atoms with E-state index in [0.29, 0.717) is 0 Å². The van der Waals surface area contributed by atoms with Crippen LogP contribution in [0.3, 0.4) is 0 Å². The van der Waals surface area contributed by atoms with E-state index in [9.17, 15) is 0 Å². The summed E-state index contributed by atoms with van der Waals surface area (Å²) in [5.74, 6) is 0. The van der Waals surface area contributed by atoms with Crippen molar-refractivity contribution < 1.29 is 4.42 Å². The molecular weight excluding hydrogens is 633 g/mol. The minimum Gasteiger partial charge on any atom is -0.456 e. The quantitative estimate of drug-likeness (QED) is 0.183. The van der Waals surface area contributed by atoms with Gasteiger partial charge in [0, 0.05) is 39.0 Å². The summed E-state index contributed by atoms with van der Waals surface area (Å²) in [6, 6.07) is 58.7. The number of nitrogens with zero attached hydrogens (tertiary/aromatic N) is 2. The summed E-state index contributed by atoms with van der Waals surface area (Å²) in [7, 11) is 0. The number of hydrogen-bond donors (Lipinski definition) is 0. The standard InChI is InChI=1S/C49H34N2O/c1-31-21-22-37(28-42(31)35-12-9-11-33(25-35)34-23-24-49-44(27-34)41-17-5-8-20-48(41)52-49)45-29-43(32(2)30-50-45)36-13-10-14-38(26-36)51-46-18-6-3-15-39(46)40-16-4-7-19-47(40)51/h3-30H,1-2H3. The van der Waals surface area contributed by atoms with Crippen LogP contribution < -0.4 is 0 Å². The van der Waals surface area contributed by atoms with E-state index in [1.807, 2.05) is 18.3 Å². The van der Waals surface area contributed by atoms with Gasteiger partial charge in [-0.25, -0.2) is 0 Å².